The summed E-state index contributed by atoms with van der Waals surface area (Å²) in [4.78, 5) is 2.43. The van der Waals surface area contributed by atoms with Crippen molar-refractivity contribution in [2.24, 2.45) is 0 Å². The van der Waals surface area contributed by atoms with Gasteiger partial charge in [0, 0.05) is 26.2 Å². The number of hydrogen-bond acceptors (Lipinski definition) is 8. The van der Waals surface area contributed by atoms with Crippen molar-refractivity contribution in [3.63, 3.8) is 0 Å². The number of rotatable bonds is 12. The average molecular weight is 496 g/mol. The molecule has 0 amide bonds. The van der Waals surface area contributed by atoms with Gasteiger partial charge in [0.25, 0.3) is 0 Å². The highest BCUT2D eigenvalue weighted by Crippen LogP contribution is 2.19. The summed E-state index contributed by atoms with van der Waals surface area (Å²) in [5.41, 5.74) is 4.01. The molecule has 1 aromatic heterocycles. The number of nitrogens with zero attached hydrogens (tertiary/aromatic N) is 6. The maximum Gasteiger partial charge on any atom is 0.143 e. The molecule has 0 fully saturated rings. The molecule has 196 valence electrons. The summed E-state index contributed by atoms with van der Waals surface area (Å²) in [5.74, 6) is 0.649. The van der Waals surface area contributed by atoms with Crippen LogP contribution in [0, 0.1) is 11.3 Å². The molecule has 0 atom stereocenters. The van der Waals surface area contributed by atoms with E-state index in [1.807, 2.05) is 44.2 Å². The molecular formula is C27H41N7O2. The summed E-state index contributed by atoms with van der Waals surface area (Å²) in [6, 6.07) is 16.3. The molecule has 1 heterocycles. The molecule has 0 saturated heterocycles. The molecule has 0 bridgehead atoms. The van der Waals surface area contributed by atoms with Crippen molar-refractivity contribution >= 4 is 0 Å². The minimum atomic E-state index is 0.250. The van der Waals surface area contributed by atoms with Crippen LogP contribution >= 0.6 is 0 Å². The van der Waals surface area contributed by atoms with Crippen molar-refractivity contribution < 1.29 is 9.84 Å². The van der Waals surface area contributed by atoms with E-state index in [1.54, 1.807) is 25.0 Å². The second-order valence-corrected chi connectivity index (χ2v) is 7.57. The van der Waals surface area contributed by atoms with E-state index in [1.165, 1.54) is 11.1 Å². The third-order valence-electron chi connectivity index (χ3n) is 5.30. The maximum atomic E-state index is 9.11. The topological polar surface area (TPSA) is 112 Å². The summed E-state index contributed by atoms with van der Waals surface area (Å²) in [5, 5.41) is 31.4. The lowest BCUT2D eigenvalue weighted by atomic mass is 10.1. The van der Waals surface area contributed by atoms with E-state index < -0.39 is 0 Å². The summed E-state index contributed by atoms with van der Waals surface area (Å²) in [6.07, 6.45) is 3.50. The van der Waals surface area contributed by atoms with Crippen LogP contribution in [0.5, 0.6) is 5.75 Å². The Kier molecular flexibility index (Phi) is 16.2. The summed E-state index contributed by atoms with van der Waals surface area (Å²) in [7, 11) is 1.60. The van der Waals surface area contributed by atoms with E-state index in [0.29, 0.717) is 11.3 Å². The van der Waals surface area contributed by atoms with E-state index in [-0.39, 0.29) is 6.61 Å². The Morgan fingerprint density at radius 3 is 2.31 bits per heavy atom. The first-order valence-electron chi connectivity index (χ1n) is 12.6. The van der Waals surface area contributed by atoms with E-state index in [2.05, 4.69) is 50.9 Å². The molecule has 9 nitrogen and oxygen atoms in total. The number of likely N-dealkylation sites (N-methyl/N-ethyl adjacent to an activating group) is 1. The van der Waals surface area contributed by atoms with Crippen LogP contribution < -0.4 is 10.1 Å². The van der Waals surface area contributed by atoms with Gasteiger partial charge in [0.1, 0.15) is 18.1 Å². The highest BCUT2D eigenvalue weighted by Gasteiger charge is 2.07. The van der Waals surface area contributed by atoms with Gasteiger partial charge in [-0.05, 0) is 78.7 Å². The van der Waals surface area contributed by atoms with Gasteiger partial charge in [0.15, 0.2) is 0 Å². The number of hydrogen-bond donors (Lipinski definition) is 2. The van der Waals surface area contributed by atoms with Crippen molar-refractivity contribution in [3.8, 4) is 17.5 Å². The van der Waals surface area contributed by atoms with Crippen molar-refractivity contribution in [1.82, 2.24) is 30.4 Å². The Morgan fingerprint density at radius 2 is 1.72 bits per heavy atom. The molecule has 0 aliphatic heterocycles. The standard InChI is InChI=1S/C23H29N7O.C2H6O.C2H6/c1-3-29(14-11-20-4-7-21(17-24)23(16-20)31-2)15-13-25-12-10-19-5-8-22(9-6-19)30-18-26-27-28-30;1-2-3;1-2/h4-9,16,18,25H,3,10-15H2,1-2H3;3H,2H2,1H3;1-2H3. The van der Waals surface area contributed by atoms with E-state index in [9.17, 15) is 0 Å². The first-order valence-corrected chi connectivity index (χ1v) is 12.6. The van der Waals surface area contributed by atoms with Crippen molar-refractivity contribution in [2.45, 2.75) is 40.5 Å². The van der Waals surface area contributed by atoms with E-state index >= 15 is 0 Å². The second kappa shape index (κ2) is 18.9. The van der Waals surface area contributed by atoms with Gasteiger partial charge >= 0.3 is 0 Å². The number of benzene rings is 2. The predicted molar refractivity (Wildman–Crippen MR) is 143 cm³/mol. The summed E-state index contributed by atoms with van der Waals surface area (Å²) < 4.78 is 6.96. The van der Waals surface area contributed by atoms with Crippen LogP contribution in [-0.2, 0) is 12.8 Å². The molecule has 3 aromatic rings. The van der Waals surface area contributed by atoms with Crippen LogP contribution in [0.1, 0.15) is 44.4 Å². The van der Waals surface area contributed by atoms with Crippen LogP contribution in [0.2, 0.25) is 0 Å². The number of nitriles is 1. The largest absolute Gasteiger partial charge is 0.495 e. The Bertz CT molecular complexity index is 986. The smallest absolute Gasteiger partial charge is 0.143 e. The van der Waals surface area contributed by atoms with Gasteiger partial charge in [-0.25, -0.2) is 4.68 Å². The number of ether oxygens (including phenoxy) is 1. The van der Waals surface area contributed by atoms with Crippen LogP contribution in [0.25, 0.3) is 5.69 Å². The molecule has 2 aromatic carbocycles. The Labute approximate surface area is 215 Å². The first-order chi connectivity index (χ1) is 17.6. The van der Waals surface area contributed by atoms with Gasteiger partial charge in [0.05, 0.1) is 18.4 Å². The molecule has 0 unspecified atom stereocenters. The SMILES string of the molecule is CC.CCN(CCNCCc1ccc(-n2cnnn2)cc1)CCc1ccc(C#N)c(OC)c1.CCO. The molecular weight excluding hydrogens is 454 g/mol. The highest BCUT2D eigenvalue weighted by molar-refractivity contribution is 5.45. The Morgan fingerprint density at radius 1 is 1.03 bits per heavy atom. The zero-order valence-corrected chi connectivity index (χ0v) is 22.3. The van der Waals surface area contributed by atoms with Gasteiger partial charge < -0.3 is 20.1 Å². The molecule has 0 aliphatic carbocycles. The fourth-order valence-electron chi connectivity index (χ4n) is 3.39. The number of aliphatic hydroxyl groups is 1. The minimum Gasteiger partial charge on any atom is -0.495 e. The third kappa shape index (κ3) is 11.0. The minimum absolute atomic E-state index is 0.250. The zero-order valence-electron chi connectivity index (χ0n) is 22.3. The fraction of sp³-hybridized carbons (Fsp3) is 0.481. The molecule has 0 spiro atoms. The maximum absolute atomic E-state index is 9.11. The van der Waals surface area contributed by atoms with Crippen LogP contribution in [-0.4, -0.2) is 76.7 Å². The summed E-state index contributed by atoms with van der Waals surface area (Å²) >= 11 is 0. The number of tetrazole rings is 1. The Hall–Kier alpha value is -3.32. The van der Waals surface area contributed by atoms with Crippen LogP contribution in [0.15, 0.2) is 48.8 Å². The highest BCUT2D eigenvalue weighted by atomic mass is 16.5. The Balaban J connectivity index is 0.00000120. The van der Waals surface area contributed by atoms with Gasteiger partial charge in [-0.1, -0.05) is 39.0 Å². The number of aromatic nitrogens is 4. The quantitative estimate of drug-likeness (QED) is 0.368. The molecule has 0 aliphatic rings. The molecule has 0 saturated carbocycles. The molecule has 2 N–H and O–H groups in total. The molecule has 3 rings (SSSR count). The predicted octanol–water partition coefficient (Wildman–Crippen LogP) is 3.26. The monoisotopic (exact) mass is 495 g/mol. The number of nitrogens with one attached hydrogen (secondary N) is 1. The lowest BCUT2D eigenvalue weighted by molar-refractivity contribution is 0.291. The number of aliphatic hydroxyl groups excluding tert-OH is 1. The van der Waals surface area contributed by atoms with E-state index in [4.69, 9.17) is 15.1 Å². The van der Waals surface area contributed by atoms with Gasteiger partial charge in [-0.2, -0.15) is 5.26 Å². The fourth-order valence-corrected chi connectivity index (χ4v) is 3.39. The van der Waals surface area contributed by atoms with Gasteiger partial charge in [-0.3, -0.25) is 0 Å². The molecule has 0 radical (unpaired) electrons. The number of methoxy groups -OCH3 is 1. The second-order valence-electron chi connectivity index (χ2n) is 7.57. The van der Waals surface area contributed by atoms with Gasteiger partial charge in [-0.15, -0.1) is 5.10 Å². The van der Waals surface area contributed by atoms with E-state index in [0.717, 1.165) is 51.3 Å². The van der Waals surface area contributed by atoms with Crippen molar-refractivity contribution in [1.29, 1.82) is 5.26 Å². The first kappa shape index (κ1) is 30.7. The molecule has 36 heavy (non-hydrogen) atoms. The molecule has 9 heteroatoms. The normalized spacial score (nSPS) is 10.1. The average Bonchev–Trinajstić information content (AvgIpc) is 3.47. The van der Waals surface area contributed by atoms with Crippen LogP contribution in [0.4, 0.5) is 0 Å². The van der Waals surface area contributed by atoms with Crippen molar-refractivity contribution in [3.05, 3.63) is 65.5 Å². The van der Waals surface area contributed by atoms with Gasteiger partial charge in [0.2, 0.25) is 0 Å². The summed E-state index contributed by atoms with van der Waals surface area (Å²) in [6.45, 7) is 13.0. The zero-order chi connectivity index (χ0) is 26.6. The lowest BCUT2D eigenvalue weighted by Crippen LogP contribution is -2.34. The third-order valence-corrected chi connectivity index (χ3v) is 5.30. The van der Waals surface area contributed by atoms with Crippen LogP contribution in [0.3, 0.4) is 0 Å². The lowest BCUT2D eigenvalue weighted by Gasteiger charge is -2.21. The van der Waals surface area contributed by atoms with Crippen molar-refractivity contribution in [2.75, 3.05) is 46.4 Å².